The number of hydrogen-bond donors (Lipinski definition) is 0. The molecule has 0 saturated carbocycles. The van der Waals surface area contributed by atoms with E-state index in [0.29, 0.717) is 5.69 Å². The van der Waals surface area contributed by atoms with Gasteiger partial charge in [-0.2, -0.15) is 0 Å². The Morgan fingerprint density at radius 3 is 2.87 bits per heavy atom. The number of hydrogen-bond acceptors (Lipinski definition) is 2. The summed E-state index contributed by atoms with van der Waals surface area (Å²) >= 11 is 3.37. The van der Waals surface area contributed by atoms with Gasteiger partial charge in [-0.05, 0) is 25.1 Å². The molecule has 1 aromatic heterocycles. The average molecular weight is 270 g/mol. The van der Waals surface area contributed by atoms with E-state index in [9.17, 15) is 4.39 Å². The van der Waals surface area contributed by atoms with Crippen LogP contribution in [-0.2, 0) is 6.67 Å². The van der Waals surface area contributed by atoms with E-state index in [-0.39, 0.29) is 0 Å². The van der Waals surface area contributed by atoms with E-state index < -0.39 is 6.67 Å². The molecule has 15 heavy (non-hydrogen) atoms. The third-order valence-electron chi connectivity index (χ3n) is 2.17. The molecular formula is C10H9BrFN3. The van der Waals surface area contributed by atoms with Crippen molar-refractivity contribution in [2.45, 2.75) is 13.6 Å². The minimum Gasteiger partial charge on any atom is -0.244 e. The van der Waals surface area contributed by atoms with Gasteiger partial charge in [0.1, 0.15) is 12.4 Å². The number of nitrogens with zero attached hydrogens (tertiary/aromatic N) is 3. The smallest absolute Gasteiger partial charge is 0.135 e. The number of aromatic nitrogens is 3. The topological polar surface area (TPSA) is 30.7 Å². The van der Waals surface area contributed by atoms with Crippen LogP contribution in [0.1, 0.15) is 11.4 Å². The lowest BCUT2D eigenvalue weighted by molar-refractivity contribution is 0.474. The second kappa shape index (κ2) is 4.10. The highest BCUT2D eigenvalue weighted by atomic mass is 79.9. The Kier molecular flexibility index (Phi) is 2.81. The summed E-state index contributed by atoms with van der Waals surface area (Å²) in [4.78, 5) is 0. The van der Waals surface area contributed by atoms with Crippen molar-refractivity contribution in [2.75, 3.05) is 0 Å². The molecule has 0 fully saturated rings. The van der Waals surface area contributed by atoms with E-state index in [4.69, 9.17) is 0 Å². The summed E-state index contributed by atoms with van der Waals surface area (Å²) in [5, 5.41) is 7.67. The molecule has 0 amide bonds. The number of halogens is 2. The van der Waals surface area contributed by atoms with Gasteiger partial charge in [-0.3, -0.25) is 0 Å². The summed E-state index contributed by atoms with van der Waals surface area (Å²) < 4.78 is 15.0. The standard InChI is InChI=1S/C10H9BrFN3/c1-7-10(6-12)13-14-15(7)9-4-2-3-8(11)5-9/h2-5H,6H2,1H3. The number of rotatable bonds is 2. The van der Waals surface area contributed by atoms with E-state index in [1.807, 2.05) is 24.3 Å². The Morgan fingerprint density at radius 2 is 2.27 bits per heavy atom. The van der Waals surface area contributed by atoms with Crippen LogP contribution in [0.15, 0.2) is 28.7 Å². The van der Waals surface area contributed by atoms with Crippen molar-refractivity contribution in [1.29, 1.82) is 0 Å². The second-order valence-electron chi connectivity index (χ2n) is 3.15. The lowest BCUT2D eigenvalue weighted by Gasteiger charge is -2.03. The first-order chi connectivity index (χ1) is 7.22. The van der Waals surface area contributed by atoms with Gasteiger partial charge < -0.3 is 0 Å². The Bertz CT molecular complexity index is 481. The van der Waals surface area contributed by atoms with Crippen LogP contribution in [0, 0.1) is 6.92 Å². The van der Waals surface area contributed by atoms with Crippen LogP contribution in [0.5, 0.6) is 0 Å². The van der Waals surface area contributed by atoms with Crippen molar-refractivity contribution in [3.63, 3.8) is 0 Å². The molecular weight excluding hydrogens is 261 g/mol. The summed E-state index contributed by atoms with van der Waals surface area (Å²) in [5.74, 6) is 0. The lowest BCUT2D eigenvalue weighted by Crippen LogP contribution is -1.99. The van der Waals surface area contributed by atoms with E-state index in [1.165, 1.54) is 0 Å². The highest BCUT2D eigenvalue weighted by Gasteiger charge is 2.09. The molecule has 0 unspecified atom stereocenters. The van der Waals surface area contributed by atoms with Crippen molar-refractivity contribution in [2.24, 2.45) is 0 Å². The summed E-state index contributed by atoms with van der Waals surface area (Å²) in [6.07, 6.45) is 0. The Labute approximate surface area is 95.0 Å². The molecule has 0 bridgehead atoms. The van der Waals surface area contributed by atoms with Gasteiger partial charge in [0.15, 0.2) is 0 Å². The van der Waals surface area contributed by atoms with Crippen molar-refractivity contribution in [3.05, 3.63) is 40.1 Å². The third kappa shape index (κ3) is 1.92. The molecule has 0 radical (unpaired) electrons. The van der Waals surface area contributed by atoms with Crippen LogP contribution in [0.25, 0.3) is 5.69 Å². The van der Waals surface area contributed by atoms with E-state index in [1.54, 1.807) is 11.6 Å². The van der Waals surface area contributed by atoms with Gasteiger partial charge in [-0.25, -0.2) is 9.07 Å². The third-order valence-corrected chi connectivity index (χ3v) is 2.66. The highest BCUT2D eigenvalue weighted by molar-refractivity contribution is 9.10. The fourth-order valence-corrected chi connectivity index (χ4v) is 1.72. The van der Waals surface area contributed by atoms with Crippen molar-refractivity contribution >= 4 is 15.9 Å². The van der Waals surface area contributed by atoms with Crippen LogP contribution in [0.3, 0.4) is 0 Å². The SMILES string of the molecule is Cc1c(CF)nnn1-c1cccc(Br)c1. The fourth-order valence-electron chi connectivity index (χ4n) is 1.34. The molecule has 1 heterocycles. The fraction of sp³-hybridized carbons (Fsp3) is 0.200. The van der Waals surface area contributed by atoms with Crippen LogP contribution < -0.4 is 0 Å². The molecule has 0 saturated heterocycles. The van der Waals surface area contributed by atoms with E-state index >= 15 is 0 Å². The zero-order valence-electron chi connectivity index (χ0n) is 8.11. The monoisotopic (exact) mass is 269 g/mol. The Hall–Kier alpha value is -1.23. The zero-order valence-corrected chi connectivity index (χ0v) is 9.70. The summed E-state index contributed by atoms with van der Waals surface area (Å²) in [5.41, 5.74) is 1.99. The van der Waals surface area contributed by atoms with Crippen molar-refractivity contribution in [1.82, 2.24) is 15.0 Å². The van der Waals surface area contributed by atoms with E-state index in [2.05, 4.69) is 26.2 Å². The molecule has 78 valence electrons. The van der Waals surface area contributed by atoms with Crippen molar-refractivity contribution < 1.29 is 4.39 Å². The first-order valence-electron chi connectivity index (χ1n) is 4.45. The average Bonchev–Trinajstić information content (AvgIpc) is 2.59. The molecule has 0 aliphatic rings. The molecule has 0 spiro atoms. The minimum atomic E-state index is -0.583. The predicted octanol–water partition coefficient (Wildman–Crippen LogP) is 2.81. The van der Waals surface area contributed by atoms with Gasteiger partial charge in [0, 0.05) is 4.47 Å². The first kappa shape index (κ1) is 10.3. The second-order valence-corrected chi connectivity index (χ2v) is 4.06. The zero-order chi connectivity index (χ0) is 10.8. The normalized spacial score (nSPS) is 10.6. The van der Waals surface area contributed by atoms with Gasteiger partial charge >= 0.3 is 0 Å². The summed E-state index contributed by atoms with van der Waals surface area (Å²) in [6, 6.07) is 7.62. The highest BCUT2D eigenvalue weighted by Crippen LogP contribution is 2.17. The van der Waals surface area contributed by atoms with Gasteiger partial charge in [-0.15, -0.1) is 5.10 Å². The Morgan fingerprint density at radius 1 is 1.47 bits per heavy atom. The first-order valence-corrected chi connectivity index (χ1v) is 5.24. The van der Waals surface area contributed by atoms with Gasteiger partial charge in [0.05, 0.1) is 11.4 Å². The van der Waals surface area contributed by atoms with E-state index in [0.717, 1.165) is 15.9 Å². The molecule has 3 nitrogen and oxygen atoms in total. The van der Waals surface area contributed by atoms with Gasteiger partial charge in [0.25, 0.3) is 0 Å². The molecule has 0 atom stereocenters. The van der Waals surface area contributed by atoms with Crippen LogP contribution in [0.2, 0.25) is 0 Å². The van der Waals surface area contributed by atoms with Crippen molar-refractivity contribution in [3.8, 4) is 5.69 Å². The van der Waals surface area contributed by atoms with Gasteiger partial charge in [0.2, 0.25) is 0 Å². The summed E-state index contributed by atoms with van der Waals surface area (Å²) in [7, 11) is 0. The molecule has 1 aromatic carbocycles. The quantitative estimate of drug-likeness (QED) is 0.840. The summed E-state index contributed by atoms with van der Waals surface area (Å²) in [6.45, 7) is 1.22. The molecule has 0 N–H and O–H groups in total. The minimum absolute atomic E-state index is 0.384. The largest absolute Gasteiger partial charge is 0.244 e. The van der Waals surface area contributed by atoms with Crippen LogP contribution in [-0.4, -0.2) is 15.0 Å². The van der Waals surface area contributed by atoms with Crippen LogP contribution >= 0.6 is 15.9 Å². The predicted molar refractivity (Wildman–Crippen MR) is 58.6 cm³/mol. The van der Waals surface area contributed by atoms with Crippen LogP contribution in [0.4, 0.5) is 4.39 Å². The number of benzene rings is 1. The Balaban J connectivity index is 2.49. The molecule has 2 rings (SSSR count). The lowest BCUT2D eigenvalue weighted by atomic mass is 10.3. The molecule has 2 aromatic rings. The maximum absolute atomic E-state index is 12.5. The molecule has 0 aliphatic carbocycles. The number of alkyl halides is 1. The van der Waals surface area contributed by atoms with Gasteiger partial charge in [-0.1, -0.05) is 27.2 Å². The maximum Gasteiger partial charge on any atom is 0.135 e. The molecule has 5 heteroatoms. The maximum atomic E-state index is 12.5. The molecule has 0 aliphatic heterocycles.